The summed E-state index contributed by atoms with van der Waals surface area (Å²) in [6.07, 6.45) is 2.94. The number of hydrogen-bond acceptors (Lipinski definition) is 6. The van der Waals surface area contributed by atoms with Crippen molar-refractivity contribution in [3.63, 3.8) is 0 Å². The largest absolute Gasteiger partial charge is 0.257 e. The van der Waals surface area contributed by atoms with Crippen LogP contribution in [0.5, 0.6) is 0 Å². The maximum atomic E-state index is 11.2. The molecule has 0 aliphatic rings. The van der Waals surface area contributed by atoms with Gasteiger partial charge < -0.3 is 0 Å². The summed E-state index contributed by atoms with van der Waals surface area (Å²) in [4.78, 5) is 8.52. The molecule has 0 fully saturated rings. The monoisotopic (exact) mass is 312 g/mol. The molecule has 8 heteroatoms. The number of sulfone groups is 1. The third-order valence-electron chi connectivity index (χ3n) is 2.46. The average Bonchev–Trinajstić information content (AvgIpc) is 2.84. The summed E-state index contributed by atoms with van der Waals surface area (Å²) >= 11 is 1.44. The molecule has 0 amide bonds. The van der Waals surface area contributed by atoms with E-state index in [1.807, 2.05) is 25.1 Å². The molecule has 2 heterocycles. The summed E-state index contributed by atoms with van der Waals surface area (Å²) in [6, 6.07) is 5.56. The van der Waals surface area contributed by atoms with E-state index in [0.717, 1.165) is 5.69 Å². The second-order valence-electron chi connectivity index (χ2n) is 4.69. The Balaban J connectivity index is 1.94. The molecule has 0 aliphatic carbocycles. The number of pyridine rings is 1. The first-order valence-electron chi connectivity index (χ1n) is 6.08. The van der Waals surface area contributed by atoms with Crippen molar-refractivity contribution in [3.05, 3.63) is 24.4 Å². The van der Waals surface area contributed by atoms with Gasteiger partial charge >= 0.3 is 0 Å². The molecule has 2 aromatic heterocycles. The van der Waals surface area contributed by atoms with Crippen LogP contribution in [-0.2, 0) is 9.84 Å². The molecule has 2 rings (SSSR count). The van der Waals surface area contributed by atoms with Crippen LogP contribution in [0.3, 0.4) is 0 Å². The number of nitrogens with zero attached hydrogens (tertiary/aromatic N) is 3. The van der Waals surface area contributed by atoms with Gasteiger partial charge in [0.25, 0.3) is 0 Å². The zero-order chi connectivity index (χ0) is 14.6. The van der Waals surface area contributed by atoms with E-state index in [-0.39, 0.29) is 11.7 Å². The minimum absolute atomic E-state index is 0.0619. The van der Waals surface area contributed by atoms with Crippen LogP contribution in [0.4, 0.5) is 0 Å². The van der Waals surface area contributed by atoms with Crippen molar-refractivity contribution in [1.29, 1.82) is 0 Å². The topological polar surface area (TPSA) is 88.6 Å². The number of aromatic nitrogens is 4. The van der Waals surface area contributed by atoms with E-state index in [2.05, 4.69) is 20.2 Å². The predicted molar refractivity (Wildman–Crippen MR) is 79.2 cm³/mol. The van der Waals surface area contributed by atoms with Gasteiger partial charge in [-0.2, -0.15) is 4.98 Å². The van der Waals surface area contributed by atoms with Crippen molar-refractivity contribution in [1.82, 2.24) is 20.2 Å². The van der Waals surface area contributed by atoms with Crippen LogP contribution in [0.25, 0.3) is 11.5 Å². The molecule has 6 nitrogen and oxygen atoms in total. The highest BCUT2D eigenvalue weighted by Gasteiger charge is 2.13. The zero-order valence-electron chi connectivity index (χ0n) is 11.3. The molecule has 1 unspecified atom stereocenters. The molecular weight excluding hydrogens is 296 g/mol. The van der Waals surface area contributed by atoms with Crippen LogP contribution in [0.15, 0.2) is 29.6 Å². The first-order valence-corrected chi connectivity index (χ1v) is 9.13. The van der Waals surface area contributed by atoms with E-state index < -0.39 is 9.84 Å². The van der Waals surface area contributed by atoms with Gasteiger partial charge in [0.15, 0.2) is 5.82 Å². The predicted octanol–water partition coefficient (Wildman–Crippen LogP) is 1.64. The average molecular weight is 312 g/mol. The summed E-state index contributed by atoms with van der Waals surface area (Å²) in [5.74, 6) is 1.51. The third-order valence-corrected chi connectivity index (χ3v) is 4.81. The Morgan fingerprint density at radius 3 is 2.85 bits per heavy atom. The number of aromatic amines is 1. The van der Waals surface area contributed by atoms with Crippen molar-refractivity contribution in [3.8, 4) is 11.5 Å². The first kappa shape index (κ1) is 15.0. The molecule has 0 saturated heterocycles. The Labute approximate surface area is 122 Å². The van der Waals surface area contributed by atoms with Crippen LogP contribution < -0.4 is 0 Å². The van der Waals surface area contributed by atoms with Crippen molar-refractivity contribution in [2.75, 3.05) is 17.8 Å². The molecule has 2 aromatic rings. The van der Waals surface area contributed by atoms with Crippen molar-refractivity contribution in [2.45, 2.75) is 12.1 Å². The first-order chi connectivity index (χ1) is 9.44. The highest BCUT2D eigenvalue weighted by Crippen LogP contribution is 2.20. The van der Waals surface area contributed by atoms with E-state index in [4.69, 9.17) is 0 Å². The van der Waals surface area contributed by atoms with E-state index in [0.29, 0.717) is 16.7 Å². The highest BCUT2D eigenvalue weighted by molar-refractivity contribution is 7.99. The lowest BCUT2D eigenvalue weighted by Crippen LogP contribution is -2.13. The van der Waals surface area contributed by atoms with Gasteiger partial charge in [0, 0.05) is 18.2 Å². The number of nitrogens with one attached hydrogen (secondary N) is 1. The van der Waals surface area contributed by atoms with Gasteiger partial charge in [-0.3, -0.25) is 10.1 Å². The summed E-state index contributed by atoms with van der Waals surface area (Å²) in [5, 5.41) is 7.53. The Morgan fingerprint density at radius 1 is 1.40 bits per heavy atom. The fraction of sp³-hybridized carbons (Fsp3) is 0.417. The summed E-state index contributed by atoms with van der Waals surface area (Å²) in [6.45, 7) is 1.90. The lowest BCUT2D eigenvalue weighted by Gasteiger charge is -2.07. The van der Waals surface area contributed by atoms with Crippen LogP contribution in [0, 0.1) is 5.92 Å². The second-order valence-corrected chi connectivity index (χ2v) is 7.86. The quantitative estimate of drug-likeness (QED) is 0.816. The lowest BCUT2D eigenvalue weighted by atomic mass is 10.3. The van der Waals surface area contributed by atoms with Gasteiger partial charge in [-0.25, -0.2) is 8.42 Å². The van der Waals surface area contributed by atoms with Gasteiger partial charge in [-0.1, -0.05) is 24.8 Å². The molecule has 1 atom stereocenters. The standard InChI is InChI=1S/C12H16N4O2S2/c1-9(8-20(2,17)18)7-19-12-14-11(15-16-12)10-5-3-4-6-13-10/h3-6,9H,7-8H2,1-2H3,(H,14,15,16). The van der Waals surface area contributed by atoms with Gasteiger partial charge in [-0.05, 0) is 18.1 Å². The molecule has 0 radical (unpaired) electrons. The molecule has 108 valence electrons. The van der Waals surface area contributed by atoms with E-state index in [1.54, 1.807) is 6.20 Å². The van der Waals surface area contributed by atoms with Crippen molar-refractivity contribution in [2.24, 2.45) is 5.92 Å². The summed E-state index contributed by atoms with van der Waals surface area (Å²) in [5.41, 5.74) is 0.732. The van der Waals surface area contributed by atoms with Crippen molar-refractivity contribution >= 4 is 21.6 Å². The molecule has 0 spiro atoms. The maximum Gasteiger partial charge on any atom is 0.208 e. The molecule has 1 N–H and O–H groups in total. The van der Waals surface area contributed by atoms with E-state index in [1.165, 1.54) is 18.0 Å². The molecule has 0 aromatic carbocycles. The smallest absolute Gasteiger partial charge is 0.208 e. The van der Waals surface area contributed by atoms with Crippen LogP contribution in [-0.4, -0.2) is 46.3 Å². The molecule has 0 bridgehead atoms. The van der Waals surface area contributed by atoms with Crippen molar-refractivity contribution < 1.29 is 8.42 Å². The Bertz CT molecular complexity index is 655. The molecule has 0 saturated carbocycles. The fourth-order valence-electron chi connectivity index (χ4n) is 1.71. The molecular formula is C12H16N4O2S2. The number of hydrogen-bond donors (Lipinski definition) is 1. The highest BCUT2D eigenvalue weighted by atomic mass is 32.2. The second kappa shape index (κ2) is 6.36. The molecule has 0 aliphatic heterocycles. The van der Waals surface area contributed by atoms with Crippen LogP contribution in [0.1, 0.15) is 6.92 Å². The fourth-order valence-corrected chi connectivity index (χ4v) is 3.83. The lowest BCUT2D eigenvalue weighted by molar-refractivity contribution is 0.589. The van der Waals surface area contributed by atoms with E-state index >= 15 is 0 Å². The SMILES string of the molecule is CC(CSc1n[nH]c(-c2ccccn2)n1)CS(C)(=O)=O. The Morgan fingerprint density at radius 2 is 2.20 bits per heavy atom. The number of H-pyrrole nitrogens is 1. The van der Waals surface area contributed by atoms with Gasteiger partial charge in [0.1, 0.15) is 15.5 Å². The Kier molecular flexibility index (Phi) is 4.77. The summed E-state index contributed by atoms with van der Waals surface area (Å²) in [7, 11) is -2.94. The minimum Gasteiger partial charge on any atom is -0.257 e. The van der Waals surface area contributed by atoms with Crippen LogP contribution in [0.2, 0.25) is 0 Å². The number of thioether (sulfide) groups is 1. The molecule has 20 heavy (non-hydrogen) atoms. The van der Waals surface area contributed by atoms with E-state index in [9.17, 15) is 8.42 Å². The van der Waals surface area contributed by atoms with Crippen LogP contribution >= 0.6 is 11.8 Å². The normalized spacial score (nSPS) is 13.3. The summed E-state index contributed by atoms with van der Waals surface area (Å²) < 4.78 is 22.4. The Hall–Kier alpha value is -1.41. The van der Waals surface area contributed by atoms with Gasteiger partial charge in [0.05, 0.1) is 5.75 Å². The maximum absolute atomic E-state index is 11.2. The zero-order valence-corrected chi connectivity index (χ0v) is 12.9. The van der Waals surface area contributed by atoms with Gasteiger partial charge in [-0.15, -0.1) is 5.10 Å². The van der Waals surface area contributed by atoms with Gasteiger partial charge in [0.2, 0.25) is 5.16 Å². The minimum atomic E-state index is -2.94. The third kappa shape index (κ3) is 4.61. The number of rotatable bonds is 6.